The van der Waals surface area contributed by atoms with Crippen LogP contribution in [-0.2, 0) is 0 Å². The van der Waals surface area contributed by atoms with Gasteiger partial charge < -0.3 is 19.7 Å². The highest BCUT2D eigenvalue weighted by atomic mass is 32.2. The van der Waals surface area contributed by atoms with Crippen LogP contribution in [0, 0.1) is 18.6 Å². The molecule has 322 valence electrons. The van der Waals surface area contributed by atoms with E-state index < -0.39 is 0 Å². The summed E-state index contributed by atoms with van der Waals surface area (Å²) in [5, 5.41) is 17.3. The Hall–Kier alpha value is -7.14. The number of rotatable bonds is 11. The van der Waals surface area contributed by atoms with Gasteiger partial charge in [0, 0.05) is 32.0 Å². The number of aryl methyl sites for hydroxylation is 1. The SMILES string of the molecule is COc1ccc(C(=Nc2ccccc2SC)c2ccc(Oc3cccc(C)c3)cc2)cc1.CSc1ccccc1N=C(c1ccc(F)cc1)c1ccc(F)cc1.Oc1ccc(O)cc1. The summed E-state index contributed by atoms with van der Waals surface area (Å²) in [5.41, 5.74) is 8.11. The van der Waals surface area contributed by atoms with Gasteiger partial charge >= 0.3 is 0 Å². The molecular weight excluding hydrogens is 843 g/mol. The zero-order valence-corrected chi connectivity index (χ0v) is 37.3. The molecule has 0 aliphatic rings. The minimum atomic E-state index is -0.304. The summed E-state index contributed by atoms with van der Waals surface area (Å²) in [5.74, 6) is 2.17. The average molecular weight is 889 g/mol. The van der Waals surface area contributed by atoms with E-state index in [1.807, 2.05) is 103 Å². The number of phenols is 2. The van der Waals surface area contributed by atoms with Gasteiger partial charge in [-0.05, 0) is 183 Å². The van der Waals surface area contributed by atoms with Gasteiger partial charge in [0.15, 0.2) is 0 Å². The van der Waals surface area contributed by atoms with Gasteiger partial charge in [-0.15, -0.1) is 23.5 Å². The highest BCUT2D eigenvalue weighted by molar-refractivity contribution is 7.99. The number of thioether (sulfide) groups is 2. The third-order valence-electron chi connectivity index (χ3n) is 9.44. The minimum Gasteiger partial charge on any atom is -0.508 e. The molecule has 0 heterocycles. The fourth-order valence-corrected chi connectivity index (χ4v) is 7.26. The summed E-state index contributed by atoms with van der Waals surface area (Å²) >= 11 is 3.30. The molecule has 64 heavy (non-hydrogen) atoms. The molecule has 0 bridgehead atoms. The lowest BCUT2D eigenvalue weighted by molar-refractivity contribution is 0.415. The molecule has 8 aromatic rings. The maximum Gasteiger partial charge on any atom is 0.127 e. The first kappa shape index (κ1) is 46.4. The Morgan fingerprint density at radius 3 is 1.23 bits per heavy atom. The number of methoxy groups -OCH3 is 1. The molecule has 2 N–H and O–H groups in total. The van der Waals surface area contributed by atoms with Crippen molar-refractivity contribution in [1.29, 1.82) is 0 Å². The second-order valence-electron chi connectivity index (χ2n) is 14.0. The van der Waals surface area contributed by atoms with Crippen LogP contribution in [0.5, 0.6) is 28.7 Å². The zero-order valence-electron chi connectivity index (χ0n) is 35.7. The predicted octanol–water partition coefficient (Wildman–Crippen LogP) is 14.6. The number of phenolic OH excluding ortho intramolecular Hbond substituents is 2. The van der Waals surface area contributed by atoms with Crippen molar-refractivity contribution < 1.29 is 28.5 Å². The molecule has 0 spiro atoms. The van der Waals surface area contributed by atoms with Crippen LogP contribution in [-0.4, -0.2) is 41.3 Å². The van der Waals surface area contributed by atoms with Crippen LogP contribution < -0.4 is 9.47 Å². The fraction of sp³-hybridized carbons (Fsp3) is 0.0741. The monoisotopic (exact) mass is 888 g/mol. The molecule has 0 unspecified atom stereocenters. The number of halogens is 2. The Kier molecular flexibility index (Phi) is 16.9. The number of benzene rings is 8. The molecule has 0 radical (unpaired) electrons. The highest BCUT2D eigenvalue weighted by Crippen LogP contribution is 2.31. The number of hydrogen-bond acceptors (Lipinski definition) is 8. The standard InChI is InChI=1S/C28H25NO2S.C20H15F2NS.C6H6O2/c1-20-7-6-8-25(19-20)31-24-17-13-22(14-18-24)28(21-11-15-23(30-2)16-12-21)29-26-9-4-5-10-27(26)32-3;1-24-19-5-3-2-4-18(19)23-20(14-6-10-16(21)11-7-14)15-8-12-17(22)13-9-15;7-5-1-2-6(8)4-3-5/h4-19H,1-3H3;2-13H,1H3;1-4,7-8H. The Bertz CT molecular complexity index is 2710. The summed E-state index contributed by atoms with van der Waals surface area (Å²) < 4.78 is 37.9. The van der Waals surface area contributed by atoms with Gasteiger partial charge in [0.25, 0.3) is 0 Å². The van der Waals surface area contributed by atoms with E-state index >= 15 is 0 Å². The number of para-hydroxylation sites is 2. The van der Waals surface area contributed by atoms with Crippen molar-refractivity contribution in [3.8, 4) is 28.7 Å². The van der Waals surface area contributed by atoms with Crippen LogP contribution in [0.1, 0.15) is 27.8 Å². The second-order valence-corrected chi connectivity index (χ2v) is 15.7. The van der Waals surface area contributed by atoms with Crippen LogP contribution in [0.3, 0.4) is 0 Å². The van der Waals surface area contributed by atoms with E-state index in [0.717, 1.165) is 66.4 Å². The highest BCUT2D eigenvalue weighted by Gasteiger charge is 2.12. The predicted molar refractivity (Wildman–Crippen MR) is 260 cm³/mol. The summed E-state index contributed by atoms with van der Waals surface area (Å²) in [6, 6.07) is 58.1. The maximum atomic E-state index is 13.3. The van der Waals surface area contributed by atoms with E-state index in [4.69, 9.17) is 29.7 Å². The summed E-state index contributed by atoms with van der Waals surface area (Å²) in [6.07, 6.45) is 4.06. The summed E-state index contributed by atoms with van der Waals surface area (Å²) in [4.78, 5) is 12.0. The number of hydrogen-bond donors (Lipinski definition) is 2. The Labute approximate surface area is 381 Å². The van der Waals surface area contributed by atoms with Crippen molar-refractivity contribution in [1.82, 2.24) is 0 Å². The largest absolute Gasteiger partial charge is 0.508 e. The van der Waals surface area contributed by atoms with Crippen molar-refractivity contribution >= 4 is 46.3 Å². The first-order valence-electron chi connectivity index (χ1n) is 20.0. The van der Waals surface area contributed by atoms with Gasteiger partial charge in [0.1, 0.15) is 40.4 Å². The lowest BCUT2D eigenvalue weighted by atomic mass is 10.0. The van der Waals surface area contributed by atoms with E-state index in [-0.39, 0.29) is 23.1 Å². The number of nitrogens with zero attached hydrogens (tertiary/aromatic N) is 2. The molecule has 0 atom stereocenters. The Morgan fingerprint density at radius 2 is 0.844 bits per heavy atom. The van der Waals surface area contributed by atoms with Crippen molar-refractivity contribution in [3.05, 3.63) is 234 Å². The Balaban J connectivity index is 0.000000186. The molecule has 8 aromatic carbocycles. The van der Waals surface area contributed by atoms with Crippen molar-refractivity contribution in [2.45, 2.75) is 16.7 Å². The number of ether oxygens (including phenoxy) is 2. The third-order valence-corrected chi connectivity index (χ3v) is 11.0. The molecule has 0 aliphatic carbocycles. The molecule has 0 saturated carbocycles. The van der Waals surface area contributed by atoms with Crippen LogP contribution in [0.15, 0.2) is 214 Å². The first-order chi connectivity index (χ1) is 31.1. The summed E-state index contributed by atoms with van der Waals surface area (Å²) in [6.45, 7) is 2.06. The van der Waals surface area contributed by atoms with Crippen molar-refractivity contribution in [2.75, 3.05) is 19.6 Å². The number of aromatic hydroxyl groups is 2. The molecule has 0 aromatic heterocycles. The van der Waals surface area contributed by atoms with Gasteiger partial charge in [0.05, 0.1) is 29.9 Å². The van der Waals surface area contributed by atoms with Gasteiger partial charge in [-0.3, -0.25) is 0 Å². The topological polar surface area (TPSA) is 83.6 Å². The quantitative estimate of drug-likeness (QED) is 0.0765. The molecular formula is C54H46F2N2O4S2. The van der Waals surface area contributed by atoms with Crippen molar-refractivity contribution in [2.24, 2.45) is 9.98 Å². The smallest absolute Gasteiger partial charge is 0.127 e. The van der Waals surface area contributed by atoms with E-state index in [2.05, 4.69) is 37.4 Å². The van der Waals surface area contributed by atoms with E-state index in [1.54, 1.807) is 54.9 Å². The minimum absolute atomic E-state index is 0.169. The van der Waals surface area contributed by atoms with Crippen LogP contribution in [0.25, 0.3) is 0 Å². The fourth-order valence-electron chi connectivity index (χ4n) is 6.19. The van der Waals surface area contributed by atoms with E-state index in [0.29, 0.717) is 5.71 Å². The lowest BCUT2D eigenvalue weighted by Gasteiger charge is -2.12. The molecule has 8 rings (SSSR count). The molecule has 0 aliphatic heterocycles. The van der Waals surface area contributed by atoms with E-state index in [9.17, 15) is 8.78 Å². The molecule has 0 saturated heterocycles. The molecule has 6 nitrogen and oxygen atoms in total. The van der Waals surface area contributed by atoms with Gasteiger partial charge in [-0.2, -0.15) is 0 Å². The van der Waals surface area contributed by atoms with Crippen LogP contribution >= 0.6 is 23.5 Å². The second kappa shape index (κ2) is 23.3. The third kappa shape index (κ3) is 13.4. The number of aliphatic imine (C=N–C) groups is 2. The average Bonchev–Trinajstić information content (AvgIpc) is 3.32. The summed E-state index contributed by atoms with van der Waals surface area (Å²) in [7, 11) is 1.67. The normalized spacial score (nSPS) is 10.7. The molecule has 0 fully saturated rings. The van der Waals surface area contributed by atoms with Gasteiger partial charge in [-0.1, -0.05) is 36.4 Å². The first-order valence-corrected chi connectivity index (χ1v) is 22.5. The zero-order chi connectivity index (χ0) is 45.3. The maximum absolute atomic E-state index is 13.3. The molecule has 0 amide bonds. The Morgan fingerprint density at radius 1 is 0.453 bits per heavy atom. The van der Waals surface area contributed by atoms with E-state index in [1.165, 1.54) is 54.1 Å². The van der Waals surface area contributed by atoms with Crippen LogP contribution in [0.4, 0.5) is 20.2 Å². The van der Waals surface area contributed by atoms with Crippen LogP contribution in [0.2, 0.25) is 0 Å². The molecule has 10 heteroatoms. The lowest BCUT2D eigenvalue weighted by Crippen LogP contribution is -2.03. The van der Waals surface area contributed by atoms with Gasteiger partial charge in [-0.25, -0.2) is 18.8 Å². The van der Waals surface area contributed by atoms with Crippen molar-refractivity contribution in [3.63, 3.8) is 0 Å². The van der Waals surface area contributed by atoms with Gasteiger partial charge in [0.2, 0.25) is 0 Å².